The van der Waals surface area contributed by atoms with E-state index in [1.807, 2.05) is 0 Å². The Bertz CT molecular complexity index is 1120. The van der Waals surface area contributed by atoms with Crippen molar-refractivity contribution in [1.29, 1.82) is 0 Å². The number of halogens is 1. The molecule has 2 aromatic rings. The molecule has 0 radical (unpaired) electrons. The monoisotopic (exact) mass is 495 g/mol. The smallest absolute Gasteiger partial charge is 0.319 e. The maximum Gasteiger partial charge on any atom is 0.319 e. The summed E-state index contributed by atoms with van der Waals surface area (Å²) in [4.78, 5) is 38.5. The van der Waals surface area contributed by atoms with Crippen molar-refractivity contribution in [2.75, 3.05) is 41.0 Å². The minimum Gasteiger partial charge on any atom is -0.370 e. The number of amides is 4. The van der Waals surface area contributed by atoms with E-state index in [-0.39, 0.29) is 12.5 Å². The van der Waals surface area contributed by atoms with Gasteiger partial charge >= 0.3 is 6.03 Å². The summed E-state index contributed by atoms with van der Waals surface area (Å²) in [6, 6.07) is 10.3. The topological polar surface area (TPSA) is 160 Å². The SMILES string of the molecule is NS(=O)(=O)C[C@@H](NC(=O)Nc1ccc(Cl)cc1)C(=O)Nc1ccc(N2CCOCC2=O)cc1. The van der Waals surface area contributed by atoms with E-state index in [2.05, 4.69) is 16.0 Å². The van der Waals surface area contributed by atoms with Gasteiger partial charge in [-0.25, -0.2) is 18.4 Å². The normalized spacial score (nSPS) is 15.0. The van der Waals surface area contributed by atoms with Crippen LogP contribution in [0.2, 0.25) is 5.02 Å². The lowest BCUT2D eigenvalue weighted by atomic mass is 10.2. The maximum atomic E-state index is 12.7. The van der Waals surface area contributed by atoms with Crippen molar-refractivity contribution < 1.29 is 27.5 Å². The number of benzene rings is 2. The number of carbonyl (C=O) groups is 3. The molecule has 13 heteroatoms. The van der Waals surface area contributed by atoms with Crippen LogP contribution in [0.15, 0.2) is 48.5 Å². The number of morpholine rings is 1. The Hall–Kier alpha value is -3.19. The average Bonchev–Trinajstić information content (AvgIpc) is 2.75. The Kier molecular flexibility index (Phi) is 7.87. The van der Waals surface area contributed by atoms with Gasteiger partial charge in [-0.3, -0.25) is 9.59 Å². The molecule has 0 aliphatic carbocycles. The van der Waals surface area contributed by atoms with Crippen LogP contribution in [0, 0.1) is 0 Å². The Morgan fingerprint density at radius 1 is 1.06 bits per heavy atom. The van der Waals surface area contributed by atoms with Crippen LogP contribution in [0.5, 0.6) is 0 Å². The largest absolute Gasteiger partial charge is 0.370 e. The lowest BCUT2D eigenvalue weighted by Crippen LogP contribution is -2.50. The maximum absolute atomic E-state index is 12.7. The molecule has 0 saturated carbocycles. The quantitative estimate of drug-likeness (QED) is 0.450. The molecule has 1 fully saturated rings. The summed E-state index contributed by atoms with van der Waals surface area (Å²) in [5.74, 6) is -1.78. The number of sulfonamides is 1. The second-order valence-electron chi connectivity index (χ2n) is 7.12. The van der Waals surface area contributed by atoms with Gasteiger partial charge in [-0.1, -0.05) is 11.6 Å². The summed E-state index contributed by atoms with van der Waals surface area (Å²) in [5.41, 5.74) is 1.35. The first-order valence-electron chi connectivity index (χ1n) is 9.73. The number of nitrogens with one attached hydrogen (secondary N) is 3. The molecule has 2 aromatic carbocycles. The highest BCUT2D eigenvalue weighted by molar-refractivity contribution is 7.89. The molecule has 1 aliphatic rings. The molecule has 11 nitrogen and oxygen atoms in total. The summed E-state index contributed by atoms with van der Waals surface area (Å²) in [6.45, 7) is 0.828. The standard InChI is InChI=1S/C20H22ClN5O6S/c21-13-1-3-15(4-2-13)24-20(29)25-17(12-33(22,30)31)19(28)23-14-5-7-16(8-6-14)26-9-10-32-11-18(26)27/h1-8,17H,9-12H2,(H,23,28)(H2,22,30,31)(H2,24,25,29)/t17-/m1/s1. The fraction of sp³-hybridized carbons (Fsp3) is 0.250. The van der Waals surface area contributed by atoms with Crippen molar-refractivity contribution in [3.8, 4) is 0 Å². The van der Waals surface area contributed by atoms with Crippen molar-refractivity contribution in [2.45, 2.75) is 6.04 Å². The molecule has 1 aliphatic heterocycles. The fourth-order valence-electron chi connectivity index (χ4n) is 3.02. The molecule has 33 heavy (non-hydrogen) atoms. The fourth-order valence-corrected chi connectivity index (χ4v) is 3.84. The molecule has 0 bridgehead atoms. The van der Waals surface area contributed by atoms with Crippen molar-refractivity contribution in [3.63, 3.8) is 0 Å². The third-order valence-electron chi connectivity index (χ3n) is 4.56. The van der Waals surface area contributed by atoms with Crippen LogP contribution < -0.4 is 26.0 Å². The Morgan fingerprint density at radius 3 is 2.27 bits per heavy atom. The highest BCUT2D eigenvalue weighted by Crippen LogP contribution is 2.20. The summed E-state index contributed by atoms with van der Waals surface area (Å²) < 4.78 is 28.3. The first kappa shape index (κ1) is 24.5. The van der Waals surface area contributed by atoms with Gasteiger partial charge in [0, 0.05) is 28.6 Å². The zero-order valence-electron chi connectivity index (χ0n) is 17.3. The van der Waals surface area contributed by atoms with E-state index in [0.717, 1.165) is 0 Å². The van der Waals surface area contributed by atoms with Gasteiger partial charge in [0.1, 0.15) is 12.6 Å². The number of nitrogens with two attached hydrogens (primary N) is 1. The van der Waals surface area contributed by atoms with Crippen LogP contribution in [-0.4, -0.2) is 57.8 Å². The molecule has 1 heterocycles. The number of hydrogen-bond acceptors (Lipinski definition) is 6. The molecule has 0 spiro atoms. The van der Waals surface area contributed by atoms with E-state index < -0.39 is 33.8 Å². The zero-order chi connectivity index (χ0) is 24.0. The van der Waals surface area contributed by atoms with Crippen LogP contribution >= 0.6 is 11.6 Å². The second-order valence-corrected chi connectivity index (χ2v) is 9.22. The number of primary sulfonamides is 1. The van der Waals surface area contributed by atoms with Crippen molar-refractivity contribution in [3.05, 3.63) is 53.6 Å². The Morgan fingerprint density at radius 2 is 1.67 bits per heavy atom. The third-order valence-corrected chi connectivity index (χ3v) is 5.61. The number of urea groups is 1. The summed E-state index contributed by atoms with van der Waals surface area (Å²) in [7, 11) is -4.09. The molecule has 176 valence electrons. The molecular weight excluding hydrogens is 474 g/mol. The van der Waals surface area contributed by atoms with Gasteiger partial charge in [0.2, 0.25) is 15.9 Å². The highest BCUT2D eigenvalue weighted by Gasteiger charge is 2.26. The minimum absolute atomic E-state index is 0.00250. The summed E-state index contributed by atoms with van der Waals surface area (Å²) in [5, 5.41) is 12.9. The average molecular weight is 496 g/mol. The molecule has 0 unspecified atom stereocenters. The van der Waals surface area contributed by atoms with E-state index in [1.165, 1.54) is 12.1 Å². The first-order chi connectivity index (χ1) is 15.6. The number of ether oxygens (including phenoxy) is 1. The lowest BCUT2D eigenvalue weighted by molar-refractivity contribution is -0.125. The van der Waals surface area contributed by atoms with Crippen molar-refractivity contribution in [2.24, 2.45) is 5.14 Å². The zero-order valence-corrected chi connectivity index (χ0v) is 18.9. The lowest BCUT2D eigenvalue weighted by Gasteiger charge is -2.27. The number of nitrogens with zero attached hydrogens (tertiary/aromatic N) is 1. The van der Waals surface area contributed by atoms with Crippen molar-refractivity contribution >= 4 is 56.5 Å². The number of anilines is 3. The predicted molar refractivity (Wildman–Crippen MR) is 124 cm³/mol. The van der Waals surface area contributed by atoms with Gasteiger partial charge in [-0.05, 0) is 48.5 Å². The van der Waals surface area contributed by atoms with Gasteiger partial charge in [0.05, 0.1) is 12.4 Å². The molecule has 0 aromatic heterocycles. The number of carbonyl (C=O) groups excluding carboxylic acids is 3. The van der Waals surface area contributed by atoms with Crippen LogP contribution in [0.25, 0.3) is 0 Å². The van der Waals surface area contributed by atoms with Crippen LogP contribution in [-0.2, 0) is 24.3 Å². The van der Waals surface area contributed by atoms with Gasteiger partial charge in [0.25, 0.3) is 5.91 Å². The minimum atomic E-state index is -4.09. The Balaban J connectivity index is 1.66. The van der Waals surface area contributed by atoms with E-state index in [9.17, 15) is 22.8 Å². The third kappa shape index (κ3) is 7.43. The second kappa shape index (κ2) is 10.6. The van der Waals surface area contributed by atoms with Gasteiger partial charge in [-0.2, -0.15) is 0 Å². The van der Waals surface area contributed by atoms with E-state index in [1.54, 1.807) is 41.3 Å². The Labute approximate surface area is 195 Å². The number of hydrogen-bond donors (Lipinski definition) is 4. The van der Waals surface area contributed by atoms with Gasteiger partial charge < -0.3 is 25.6 Å². The molecule has 3 rings (SSSR count). The first-order valence-corrected chi connectivity index (χ1v) is 11.8. The van der Waals surface area contributed by atoms with Gasteiger partial charge in [0.15, 0.2) is 0 Å². The molecule has 1 saturated heterocycles. The van der Waals surface area contributed by atoms with Crippen LogP contribution in [0.1, 0.15) is 0 Å². The molecular formula is C20H22ClN5O6S. The van der Waals surface area contributed by atoms with E-state index in [4.69, 9.17) is 21.5 Å². The van der Waals surface area contributed by atoms with Crippen LogP contribution in [0.3, 0.4) is 0 Å². The van der Waals surface area contributed by atoms with E-state index >= 15 is 0 Å². The summed E-state index contributed by atoms with van der Waals surface area (Å²) >= 11 is 5.80. The molecule has 1 atom stereocenters. The highest BCUT2D eigenvalue weighted by atomic mass is 35.5. The molecule has 5 N–H and O–H groups in total. The predicted octanol–water partition coefficient (Wildman–Crippen LogP) is 1.12. The van der Waals surface area contributed by atoms with Crippen LogP contribution in [0.4, 0.5) is 21.9 Å². The van der Waals surface area contributed by atoms with E-state index in [0.29, 0.717) is 35.2 Å². The molecule has 4 amide bonds. The summed E-state index contributed by atoms with van der Waals surface area (Å²) in [6.07, 6.45) is 0. The number of rotatable bonds is 7. The van der Waals surface area contributed by atoms with Gasteiger partial charge in [-0.15, -0.1) is 0 Å². The van der Waals surface area contributed by atoms with Crippen molar-refractivity contribution in [1.82, 2.24) is 5.32 Å².